The number of hydrogen-bond donors (Lipinski definition) is 0. The Labute approximate surface area is 136 Å². The van der Waals surface area contributed by atoms with E-state index in [9.17, 15) is 4.79 Å². The lowest BCUT2D eigenvalue weighted by atomic mass is 9.66. The van der Waals surface area contributed by atoms with E-state index in [1.165, 1.54) is 18.4 Å². The zero-order valence-electron chi connectivity index (χ0n) is 14.8. The van der Waals surface area contributed by atoms with Gasteiger partial charge in [0.1, 0.15) is 5.78 Å². The van der Waals surface area contributed by atoms with Crippen LogP contribution in [0.4, 0.5) is 0 Å². The Kier molecular flexibility index (Phi) is 5.83. The van der Waals surface area contributed by atoms with Crippen LogP contribution in [-0.4, -0.2) is 5.78 Å². The lowest BCUT2D eigenvalue weighted by Crippen LogP contribution is -2.32. The minimum Gasteiger partial charge on any atom is -0.300 e. The summed E-state index contributed by atoms with van der Waals surface area (Å²) in [4.78, 5) is 11.8. The molecule has 0 heterocycles. The first-order valence-corrected chi connectivity index (χ1v) is 8.94. The monoisotopic (exact) mass is 300 g/mol. The van der Waals surface area contributed by atoms with Gasteiger partial charge in [0, 0.05) is 12.8 Å². The first kappa shape index (κ1) is 17.2. The van der Waals surface area contributed by atoms with E-state index in [4.69, 9.17) is 0 Å². The molecule has 0 radical (unpaired) electrons. The molecule has 0 N–H and O–H groups in total. The number of ketones is 1. The second-order valence-corrected chi connectivity index (χ2v) is 8.15. The molecule has 0 saturated heterocycles. The van der Waals surface area contributed by atoms with Crippen molar-refractivity contribution in [1.29, 1.82) is 0 Å². The summed E-state index contributed by atoms with van der Waals surface area (Å²) in [5, 5.41) is 0. The minimum atomic E-state index is 0.344. The molecule has 1 nitrogen and oxygen atoms in total. The van der Waals surface area contributed by atoms with Crippen LogP contribution < -0.4 is 0 Å². The Bertz CT molecular complexity index is 474. The SMILES string of the molecule is CC(CC[C@@H]1CC(=O)CCC1(C)C)C(C)Cc1ccccc1. The van der Waals surface area contributed by atoms with Crippen LogP contribution in [0.15, 0.2) is 30.3 Å². The maximum absolute atomic E-state index is 11.8. The molecular weight excluding hydrogens is 268 g/mol. The van der Waals surface area contributed by atoms with Crippen LogP contribution in [-0.2, 0) is 11.2 Å². The maximum atomic E-state index is 11.8. The minimum absolute atomic E-state index is 0.344. The number of rotatable bonds is 6. The van der Waals surface area contributed by atoms with Gasteiger partial charge in [0.25, 0.3) is 0 Å². The van der Waals surface area contributed by atoms with Crippen molar-refractivity contribution >= 4 is 5.78 Å². The highest BCUT2D eigenvalue weighted by Crippen LogP contribution is 2.42. The lowest BCUT2D eigenvalue weighted by Gasteiger charge is -2.38. The summed E-state index contributed by atoms with van der Waals surface area (Å²) in [6.45, 7) is 9.45. The highest BCUT2D eigenvalue weighted by molar-refractivity contribution is 5.79. The van der Waals surface area contributed by atoms with E-state index in [1.807, 2.05) is 0 Å². The van der Waals surface area contributed by atoms with E-state index in [0.29, 0.717) is 29.0 Å². The molecule has 122 valence electrons. The average Bonchev–Trinajstić information content (AvgIpc) is 2.49. The van der Waals surface area contributed by atoms with Gasteiger partial charge in [-0.3, -0.25) is 4.79 Å². The molecule has 1 aromatic carbocycles. The molecule has 3 atom stereocenters. The van der Waals surface area contributed by atoms with Crippen LogP contribution in [0, 0.1) is 23.2 Å². The largest absolute Gasteiger partial charge is 0.300 e. The van der Waals surface area contributed by atoms with Crippen molar-refractivity contribution in [1.82, 2.24) is 0 Å². The van der Waals surface area contributed by atoms with Gasteiger partial charge in [-0.2, -0.15) is 0 Å². The predicted molar refractivity (Wildman–Crippen MR) is 93.8 cm³/mol. The van der Waals surface area contributed by atoms with Gasteiger partial charge in [-0.1, -0.05) is 64.4 Å². The molecule has 0 aromatic heterocycles. The summed E-state index contributed by atoms with van der Waals surface area (Å²) >= 11 is 0. The van der Waals surface area contributed by atoms with Gasteiger partial charge in [0.2, 0.25) is 0 Å². The van der Waals surface area contributed by atoms with Gasteiger partial charge in [0.05, 0.1) is 0 Å². The summed E-state index contributed by atoms with van der Waals surface area (Å²) < 4.78 is 0. The van der Waals surface area contributed by atoms with Crippen molar-refractivity contribution in [2.45, 2.75) is 66.2 Å². The van der Waals surface area contributed by atoms with Crippen LogP contribution in [0.2, 0.25) is 0 Å². The molecule has 0 aliphatic heterocycles. The molecule has 0 amide bonds. The van der Waals surface area contributed by atoms with Crippen molar-refractivity contribution in [2.24, 2.45) is 23.2 Å². The first-order chi connectivity index (χ1) is 10.4. The molecule has 1 fully saturated rings. The highest BCUT2D eigenvalue weighted by atomic mass is 16.1. The van der Waals surface area contributed by atoms with Crippen LogP contribution in [0.25, 0.3) is 0 Å². The van der Waals surface area contributed by atoms with E-state index in [1.54, 1.807) is 0 Å². The zero-order chi connectivity index (χ0) is 16.2. The van der Waals surface area contributed by atoms with E-state index in [0.717, 1.165) is 25.7 Å². The zero-order valence-corrected chi connectivity index (χ0v) is 14.8. The Morgan fingerprint density at radius 3 is 2.50 bits per heavy atom. The number of carbonyl (C=O) groups is 1. The van der Waals surface area contributed by atoms with Gasteiger partial charge in [0.15, 0.2) is 0 Å². The Balaban J connectivity index is 1.83. The second kappa shape index (κ2) is 7.44. The van der Waals surface area contributed by atoms with Gasteiger partial charge in [-0.05, 0) is 48.0 Å². The van der Waals surface area contributed by atoms with Crippen molar-refractivity contribution in [3.05, 3.63) is 35.9 Å². The fourth-order valence-electron chi connectivity index (χ4n) is 3.75. The van der Waals surface area contributed by atoms with E-state index in [-0.39, 0.29) is 0 Å². The maximum Gasteiger partial charge on any atom is 0.133 e. The molecule has 0 bridgehead atoms. The van der Waals surface area contributed by atoms with Crippen LogP contribution in [0.3, 0.4) is 0 Å². The van der Waals surface area contributed by atoms with Gasteiger partial charge < -0.3 is 0 Å². The summed E-state index contributed by atoms with van der Waals surface area (Å²) in [5.74, 6) is 2.48. The van der Waals surface area contributed by atoms with Gasteiger partial charge in [-0.25, -0.2) is 0 Å². The number of carbonyl (C=O) groups excluding carboxylic acids is 1. The molecule has 22 heavy (non-hydrogen) atoms. The molecular formula is C21H32O. The fourth-order valence-corrected chi connectivity index (χ4v) is 3.75. The summed E-state index contributed by atoms with van der Waals surface area (Å²) in [5.41, 5.74) is 1.78. The molecule has 1 aromatic rings. The summed E-state index contributed by atoms with van der Waals surface area (Å²) in [7, 11) is 0. The van der Waals surface area contributed by atoms with E-state index >= 15 is 0 Å². The Morgan fingerprint density at radius 2 is 1.82 bits per heavy atom. The number of hydrogen-bond acceptors (Lipinski definition) is 1. The molecule has 2 unspecified atom stereocenters. The third-order valence-corrected chi connectivity index (χ3v) is 5.97. The van der Waals surface area contributed by atoms with Crippen LogP contribution in [0.5, 0.6) is 0 Å². The molecule has 1 aliphatic rings. The quantitative estimate of drug-likeness (QED) is 0.661. The van der Waals surface area contributed by atoms with Crippen molar-refractivity contribution in [2.75, 3.05) is 0 Å². The van der Waals surface area contributed by atoms with Crippen molar-refractivity contribution < 1.29 is 4.79 Å². The Morgan fingerprint density at radius 1 is 1.14 bits per heavy atom. The standard InChI is InChI=1S/C21H32O/c1-16(17(2)14-18-8-6-5-7-9-18)10-11-19-15-20(22)12-13-21(19,3)4/h5-9,16-17,19H,10-15H2,1-4H3/t16?,17?,19-/m1/s1. The van der Waals surface area contributed by atoms with Crippen molar-refractivity contribution in [3.63, 3.8) is 0 Å². The molecule has 1 saturated carbocycles. The summed E-state index contributed by atoms with van der Waals surface area (Å²) in [6, 6.07) is 10.8. The van der Waals surface area contributed by atoms with E-state index < -0.39 is 0 Å². The molecule has 1 aliphatic carbocycles. The third kappa shape index (κ3) is 4.69. The van der Waals surface area contributed by atoms with Crippen molar-refractivity contribution in [3.8, 4) is 0 Å². The molecule has 0 spiro atoms. The normalized spacial score (nSPS) is 24.0. The average molecular weight is 300 g/mol. The lowest BCUT2D eigenvalue weighted by molar-refractivity contribution is -0.124. The predicted octanol–water partition coefficient (Wildman–Crippen LogP) is 5.68. The number of benzene rings is 1. The first-order valence-electron chi connectivity index (χ1n) is 8.94. The van der Waals surface area contributed by atoms with Gasteiger partial charge in [-0.15, -0.1) is 0 Å². The number of Topliss-reactive ketones (excluding diaryl/α,β-unsaturated/α-hetero) is 1. The van der Waals surface area contributed by atoms with Crippen LogP contribution >= 0.6 is 0 Å². The van der Waals surface area contributed by atoms with Crippen LogP contribution in [0.1, 0.15) is 65.4 Å². The second-order valence-electron chi connectivity index (χ2n) is 8.15. The summed E-state index contributed by atoms with van der Waals surface area (Å²) in [6.07, 6.45) is 6.30. The Hall–Kier alpha value is -1.11. The topological polar surface area (TPSA) is 17.1 Å². The fraction of sp³-hybridized carbons (Fsp3) is 0.667. The third-order valence-electron chi connectivity index (χ3n) is 5.97. The smallest absolute Gasteiger partial charge is 0.133 e. The highest BCUT2D eigenvalue weighted by Gasteiger charge is 2.35. The van der Waals surface area contributed by atoms with Gasteiger partial charge >= 0.3 is 0 Å². The molecule has 2 rings (SSSR count). The van der Waals surface area contributed by atoms with E-state index in [2.05, 4.69) is 58.0 Å². The molecule has 1 heteroatoms.